The van der Waals surface area contributed by atoms with Gasteiger partial charge >= 0.3 is 5.92 Å². The van der Waals surface area contributed by atoms with E-state index in [1.54, 1.807) is 0 Å². The maximum absolute atomic E-state index is 12.5. The van der Waals surface area contributed by atoms with Gasteiger partial charge in [-0.2, -0.15) is 8.78 Å². The summed E-state index contributed by atoms with van der Waals surface area (Å²) in [6, 6.07) is 0. The normalized spacial score (nSPS) is 13.8. The third-order valence-corrected chi connectivity index (χ3v) is 1.40. The van der Waals surface area contributed by atoms with Gasteiger partial charge in [0.2, 0.25) is 12.0 Å². The summed E-state index contributed by atoms with van der Waals surface area (Å²) in [5.41, 5.74) is 0. The summed E-state index contributed by atoms with van der Waals surface area (Å²) in [6.45, 7) is 0. The lowest BCUT2D eigenvalue weighted by molar-refractivity contribution is -0.310. The molecule has 76 valence electrons. The molecule has 1 unspecified atom stereocenters. The maximum atomic E-state index is 12.5. The topological polar surface area (TPSA) is 57.2 Å². The van der Waals surface area contributed by atoms with Crippen LogP contribution in [0.4, 0.5) is 13.2 Å². The largest absolute Gasteiger partial charge is 0.546 e. The highest BCUT2D eigenvalue weighted by Gasteiger charge is 2.43. The van der Waals surface area contributed by atoms with E-state index in [0.29, 0.717) is 0 Å². The van der Waals surface area contributed by atoms with Crippen LogP contribution in [0, 0.1) is 0 Å². The van der Waals surface area contributed by atoms with E-state index < -0.39 is 36.1 Å². The molecule has 0 N–H and O–H groups in total. The number of carboxylic acids is 1. The molecule has 0 aliphatic heterocycles. The van der Waals surface area contributed by atoms with Gasteiger partial charge in [0.25, 0.3) is 0 Å². The van der Waals surface area contributed by atoms with Crippen LogP contribution in [-0.2, 0) is 9.59 Å². The highest BCUT2D eigenvalue weighted by atomic mass is 35.5. The van der Waals surface area contributed by atoms with Crippen molar-refractivity contribution in [2.75, 3.05) is 5.88 Å². The molecule has 0 saturated carbocycles. The number of halogens is 4. The third kappa shape index (κ3) is 3.22. The predicted molar refractivity (Wildman–Crippen MR) is 35.2 cm³/mol. The Balaban J connectivity index is 4.48. The molecule has 0 aromatic rings. The molecular formula is C6H5ClF3O3-. The number of hydrogen-bond donors (Lipinski definition) is 0. The van der Waals surface area contributed by atoms with Crippen LogP contribution in [0.1, 0.15) is 6.42 Å². The second-order valence-corrected chi connectivity index (χ2v) is 2.57. The van der Waals surface area contributed by atoms with Gasteiger partial charge in [-0.25, -0.2) is 4.39 Å². The number of carbonyl (C=O) groups excluding carboxylic acids is 2. The Bertz CT molecular complexity index is 219. The first kappa shape index (κ1) is 12.2. The van der Waals surface area contributed by atoms with Crippen molar-refractivity contribution in [3.8, 4) is 0 Å². The Morgan fingerprint density at radius 2 is 1.92 bits per heavy atom. The zero-order chi connectivity index (χ0) is 10.6. The molecule has 7 heteroatoms. The molecule has 0 spiro atoms. The number of alkyl halides is 4. The monoisotopic (exact) mass is 217 g/mol. The first-order chi connectivity index (χ1) is 5.83. The van der Waals surface area contributed by atoms with Crippen LogP contribution in [0.15, 0.2) is 0 Å². The molecule has 0 aromatic carbocycles. The fourth-order valence-corrected chi connectivity index (χ4v) is 0.772. The summed E-state index contributed by atoms with van der Waals surface area (Å²) in [4.78, 5) is 20.1. The van der Waals surface area contributed by atoms with E-state index >= 15 is 0 Å². The Morgan fingerprint density at radius 1 is 1.46 bits per heavy atom. The van der Waals surface area contributed by atoms with Crippen LogP contribution in [0.25, 0.3) is 0 Å². The summed E-state index contributed by atoms with van der Waals surface area (Å²) in [7, 11) is 0. The van der Waals surface area contributed by atoms with Crippen molar-refractivity contribution in [2.45, 2.75) is 18.5 Å². The van der Waals surface area contributed by atoms with Gasteiger partial charge in [-0.1, -0.05) is 0 Å². The number of carboxylic acid groups (broad SMARTS) is 1. The zero-order valence-corrected chi connectivity index (χ0v) is 6.98. The Kier molecular flexibility index (Phi) is 4.19. The van der Waals surface area contributed by atoms with Gasteiger partial charge in [0.15, 0.2) is 0 Å². The van der Waals surface area contributed by atoms with Crippen molar-refractivity contribution in [3.05, 3.63) is 0 Å². The van der Waals surface area contributed by atoms with E-state index in [-0.39, 0.29) is 0 Å². The highest BCUT2D eigenvalue weighted by Crippen LogP contribution is 2.22. The molecule has 0 amide bonds. The van der Waals surface area contributed by atoms with Crippen molar-refractivity contribution in [3.63, 3.8) is 0 Å². The van der Waals surface area contributed by atoms with Crippen molar-refractivity contribution in [2.24, 2.45) is 0 Å². The molecule has 0 aromatic heterocycles. The second-order valence-electron chi connectivity index (χ2n) is 2.19. The maximum Gasteiger partial charge on any atom is 0.309 e. The summed E-state index contributed by atoms with van der Waals surface area (Å²) in [6.07, 6.45) is -4.40. The number of aliphatic carboxylic acids is 1. The fourth-order valence-electron chi connectivity index (χ4n) is 0.534. The molecule has 0 rings (SSSR count). The van der Waals surface area contributed by atoms with Gasteiger partial charge in [0.1, 0.15) is 0 Å². The van der Waals surface area contributed by atoms with Crippen molar-refractivity contribution in [1.82, 2.24) is 0 Å². The van der Waals surface area contributed by atoms with Gasteiger partial charge < -0.3 is 9.90 Å². The lowest BCUT2D eigenvalue weighted by Gasteiger charge is -2.16. The van der Waals surface area contributed by atoms with Crippen LogP contribution in [0.5, 0.6) is 0 Å². The van der Waals surface area contributed by atoms with Gasteiger partial charge in [0, 0.05) is 12.3 Å². The number of ketones is 1. The smallest absolute Gasteiger partial charge is 0.309 e. The third-order valence-electron chi connectivity index (χ3n) is 1.21. The van der Waals surface area contributed by atoms with Gasteiger partial charge in [-0.3, -0.25) is 4.79 Å². The lowest BCUT2D eigenvalue weighted by Crippen LogP contribution is -2.45. The van der Waals surface area contributed by atoms with Crippen molar-refractivity contribution < 1.29 is 27.9 Å². The van der Waals surface area contributed by atoms with E-state index in [0.717, 1.165) is 0 Å². The van der Waals surface area contributed by atoms with E-state index in [9.17, 15) is 27.9 Å². The highest BCUT2D eigenvalue weighted by molar-refractivity contribution is 6.18. The van der Waals surface area contributed by atoms with Crippen LogP contribution in [-0.4, -0.2) is 29.7 Å². The summed E-state index contributed by atoms with van der Waals surface area (Å²) in [5, 5.41) is 9.72. The van der Waals surface area contributed by atoms with Crippen molar-refractivity contribution in [1.29, 1.82) is 0 Å². The minimum absolute atomic E-state index is 0.571. The first-order valence-electron chi connectivity index (χ1n) is 3.16. The Labute approximate surface area is 76.5 Å². The molecule has 0 fully saturated rings. The van der Waals surface area contributed by atoms with Crippen LogP contribution >= 0.6 is 11.6 Å². The SMILES string of the molecule is O=C([O-])C(F)C(=O)C(F)(F)CCCl. The van der Waals surface area contributed by atoms with Crippen LogP contribution in [0.3, 0.4) is 0 Å². The first-order valence-corrected chi connectivity index (χ1v) is 3.69. The Hall–Kier alpha value is -0.780. The Morgan fingerprint density at radius 3 is 2.23 bits per heavy atom. The number of Topliss-reactive ketones (excluding diaryl/α,β-unsaturated/α-hetero) is 1. The summed E-state index contributed by atoms with van der Waals surface area (Å²) in [5.74, 6) is -9.42. The average Bonchev–Trinajstić information content (AvgIpc) is 2.01. The standard InChI is InChI=1S/C6H6ClF3O3/c7-2-1-6(9,10)4(11)3(8)5(12)13/h3H,1-2H2,(H,12,13)/p-1. The molecule has 1 atom stereocenters. The lowest BCUT2D eigenvalue weighted by atomic mass is 10.1. The van der Waals surface area contributed by atoms with Crippen LogP contribution < -0.4 is 5.11 Å². The fraction of sp³-hybridized carbons (Fsp3) is 0.667. The molecule has 0 heterocycles. The molecule has 0 bridgehead atoms. The van der Waals surface area contributed by atoms with Crippen molar-refractivity contribution >= 4 is 23.4 Å². The molecular weight excluding hydrogens is 213 g/mol. The molecule has 0 aliphatic rings. The van der Waals surface area contributed by atoms with Gasteiger partial charge in [0.05, 0.1) is 5.97 Å². The van der Waals surface area contributed by atoms with Gasteiger partial charge in [-0.15, -0.1) is 11.6 Å². The van der Waals surface area contributed by atoms with Gasteiger partial charge in [-0.05, 0) is 0 Å². The number of carbonyl (C=O) groups is 2. The summed E-state index contributed by atoms with van der Waals surface area (Å²) >= 11 is 4.90. The quantitative estimate of drug-likeness (QED) is 0.478. The van der Waals surface area contributed by atoms with E-state index in [1.165, 1.54) is 0 Å². The predicted octanol–water partition coefficient (Wildman–Crippen LogP) is -0.0923. The molecule has 0 aliphatic carbocycles. The molecule has 3 nitrogen and oxygen atoms in total. The number of rotatable bonds is 5. The van der Waals surface area contributed by atoms with E-state index in [2.05, 4.69) is 0 Å². The minimum Gasteiger partial charge on any atom is -0.546 e. The van der Waals surface area contributed by atoms with E-state index in [1.807, 2.05) is 0 Å². The minimum atomic E-state index is -4.05. The zero-order valence-electron chi connectivity index (χ0n) is 6.23. The second kappa shape index (κ2) is 4.45. The molecule has 0 radical (unpaired) electrons. The number of hydrogen-bond acceptors (Lipinski definition) is 3. The van der Waals surface area contributed by atoms with E-state index in [4.69, 9.17) is 11.6 Å². The molecule has 13 heavy (non-hydrogen) atoms. The average molecular weight is 218 g/mol. The molecule has 0 saturated heterocycles. The van der Waals surface area contributed by atoms with Crippen LogP contribution in [0.2, 0.25) is 0 Å². The summed E-state index contributed by atoms with van der Waals surface area (Å²) < 4.78 is 37.1.